The van der Waals surface area contributed by atoms with Crippen molar-refractivity contribution >= 4 is 27.5 Å². The van der Waals surface area contributed by atoms with Crippen LogP contribution in [0.5, 0.6) is 0 Å². The number of aliphatic hydroxyl groups excluding tert-OH is 1. The first-order chi connectivity index (χ1) is 11.9. The second-order valence-electron chi connectivity index (χ2n) is 5.29. The summed E-state index contributed by atoms with van der Waals surface area (Å²) in [5.74, 6) is -0.484. The van der Waals surface area contributed by atoms with Crippen LogP contribution in [0.25, 0.3) is 0 Å². The molecule has 0 saturated heterocycles. The van der Waals surface area contributed by atoms with Gasteiger partial charge in [0.05, 0.1) is 18.0 Å². The molecule has 0 spiro atoms. The van der Waals surface area contributed by atoms with Gasteiger partial charge in [0.25, 0.3) is 0 Å². The molecule has 0 radical (unpaired) electrons. The zero-order valence-corrected chi connectivity index (χ0v) is 15.0. The van der Waals surface area contributed by atoms with Crippen LogP contribution in [0.2, 0.25) is 5.02 Å². The van der Waals surface area contributed by atoms with Crippen molar-refractivity contribution < 1.29 is 18.3 Å². The minimum atomic E-state index is -3.88. The Bertz CT molecular complexity index is 795. The van der Waals surface area contributed by atoms with Crippen molar-refractivity contribution in [3.63, 3.8) is 0 Å². The van der Waals surface area contributed by atoms with E-state index in [1.165, 1.54) is 24.3 Å². The third-order valence-electron chi connectivity index (χ3n) is 3.41. The van der Waals surface area contributed by atoms with Crippen molar-refractivity contribution in [2.75, 3.05) is 19.7 Å². The average molecular weight is 383 g/mol. The molecular weight excluding hydrogens is 364 g/mol. The normalized spacial score (nSPS) is 11.5. The summed E-state index contributed by atoms with van der Waals surface area (Å²) in [6.07, 6.45) is 0. The lowest BCUT2D eigenvalue weighted by atomic mass is 10.2. The molecule has 0 aliphatic heterocycles. The number of nitrogens with zero attached hydrogens (tertiary/aromatic N) is 1. The highest BCUT2D eigenvalue weighted by atomic mass is 35.5. The summed E-state index contributed by atoms with van der Waals surface area (Å²) in [6.45, 7) is -0.439. The third kappa shape index (κ3) is 5.54. The summed E-state index contributed by atoms with van der Waals surface area (Å²) in [7, 11) is -3.88. The average Bonchev–Trinajstić information content (AvgIpc) is 2.60. The number of carbonyl (C=O) groups is 1. The Kier molecular flexibility index (Phi) is 6.95. The minimum absolute atomic E-state index is 0.0539. The molecule has 2 N–H and O–H groups in total. The van der Waals surface area contributed by atoms with E-state index < -0.39 is 15.9 Å². The Labute approximate surface area is 152 Å². The van der Waals surface area contributed by atoms with Gasteiger partial charge < -0.3 is 10.4 Å². The fraction of sp³-hybridized carbons (Fsp3) is 0.235. The highest BCUT2D eigenvalue weighted by Crippen LogP contribution is 2.20. The molecule has 6 nitrogen and oxygen atoms in total. The van der Waals surface area contributed by atoms with Crippen LogP contribution in [0, 0.1) is 0 Å². The van der Waals surface area contributed by atoms with Crippen LogP contribution in [0.3, 0.4) is 0 Å². The van der Waals surface area contributed by atoms with E-state index in [9.17, 15) is 13.2 Å². The van der Waals surface area contributed by atoms with Gasteiger partial charge in [-0.1, -0.05) is 41.9 Å². The lowest BCUT2D eigenvalue weighted by Crippen LogP contribution is -2.41. The van der Waals surface area contributed by atoms with Crippen LogP contribution in [0.1, 0.15) is 5.56 Å². The van der Waals surface area contributed by atoms with Gasteiger partial charge in [0.1, 0.15) is 0 Å². The maximum Gasteiger partial charge on any atom is 0.243 e. The number of aliphatic hydroxyl groups is 1. The number of carbonyl (C=O) groups excluding carboxylic acids is 1. The van der Waals surface area contributed by atoms with Crippen LogP contribution < -0.4 is 5.32 Å². The van der Waals surface area contributed by atoms with E-state index in [0.717, 1.165) is 9.87 Å². The van der Waals surface area contributed by atoms with Gasteiger partial charge in [-0.3, -0.25) is 4.79 Å². The SMILES string of the molecule is O=C(CN(Cc1ccccc1)S(=O)(=O)c1ccc(Cl)cc1)NCCO. The summed E-state index contributed by atoms with van der Waals surface area (Å²) < 4.78 is 26.9. The van der Waals surface area contributed by atoms with Crippen LogP contribution in [0.15, 0.2) is 59.5 Å². The molecule has 0 unspecified atom stereocenters. The van der Waals surface area contributed by atoms with Gasteiger partial charge in [-0.05, 0) is 29.8 Å². The standard InChI is InChI=1S/C17H19ClN2O4S/c18-15-6-8-16(9-7-15)25(23,24)20(13-17(22)19-10-11-21)12-14-4-2-1-3-5-14/h1-9,21H,10-13H2,(H,19,22). The molecule has 0 fully saturated rings. The third-order valence-corrected chi connectivity index (χ3v) is 5.46. The van der Waals surface area contributed by atoms with Crippen molar-refractivity contribution in [3.8, 4) is 0 Å². The van der Waals surface area contributed by atoms with E-state index in [1.807, 2.05) is 6.07 Å². The first-order valence-electron chi connectivity index (χ1n) is 7.60. The first kappa shape index (κ1) is 19.4. The molecule has 2 aromatic carbocycles. The number of hydrogen-bond donors (Lipinski definition) is 2. The number of sulfonamides is 1. The largest absolute Gasteiger partial charge is 0.395 e. The number of amides is 1. The second kappa shape index (κ2) is 8.96. The smallest absolute Gasteiger partial charge is 0.243 e. The zero-order valence-electron chi connectivity index (χ0n) is 13.4. The Balaban J connectivity index is 2.28. The van der Waals surface area contributed by atoms with Crippen molar-refractivity contribution in [1.29, 1.82) is 0 Å². The monoisotopic (exact) mass is 382 g/mol. The number of hydrogen-bond acceptors (Lipinski definition) is 4. The van der Waals surface area contributed by atoms with Crippen LogP contribution in [-0.2, 0) is 21.4 Å². The predicted octanol–water partition coefficient (Wildman–Crippen LogP) is 1.64. The lowest BCUT2D eigenvalue weighted by Gasteiger charge is -2.22. The van der Waals surface area contributed by atoms with Gasteiger partial charge >= 0.3 is 0 Å². The predicted molar refractivity (Wildman–Crippen MR) is 95.6 cm³/mol. The highest BCUT2D eigenvalue weighted by molar-refractivity contribution is 7.89. The van der Waals surface area contributed by atoms with Gasteiger partial charge in [-0.2, -0.15) is 4.31 Å². The van der Waals surface area contributed by atoms with Crippen molar-refractivity contribution in [2.24, 2.45) is 0 Å². The van der Waals surface area contributed by atoms with E-state index in [-0.39, 0.29) is 31.1 Å². The molecule has 0 aromatic heterocycles. The van der Waals surface area contributed by atoms with Gasteiger partial charge in [-0.25, -0.2) is 8.42 Å². The molecule has 0 saturated carbocycles. The quantitative estimate of drug-likeness (QED) is 0.726. The molecule has 1 amide bonds. The van der Waals surface area contributed by atoms with Gasteiger partial charge in [-0.15, -0.1) is 0 Å². The molecule has 0 heterocycles. The van der Waals surface area contributed by atoms with Gasteiger partial charge in [0.2, 0.25) is 15.9 Å². The minimum Gasteiger partial charge on any atom is -0.395 e. The molecule has 134 valence electrons. The van der Waals surface area contributed by atoms with Crippen LogP contribution >= 0.6 is 11.6 Å². The Morgan fingerprint density at radius 1 is 1.08 bits per heavy atom. The fourth-order valence-electron chi connectivity index (χ4n) is 2.18. The molecule has 25 heavy (non-hydrogen) atoms. The molecule has 0 aliphatic rings. The number of rotatable bonds is 8. The second-order valence-corrected chi connectivity index (χ2v) is 7.66. The summed E-state index contributed by atoms with van der Waals surface area (Å²) in [5, 5.41) is 11.7. The van der Waals surface area contributed by atoms with E-state index in [2.05, 4.69) is 5.32 Å². The number of benzene rings is 2. The summed E-state index contributed by atoms with van der Waals surface area (Å²) >= 11 is 5.82. The summed E-state index contributed by atoms with van der Waals surface area (Å²) in [4.78, 5) is 12.0. The van der Waals surface area contributed by atoms with Crippen molar-refractivity contribution in [2.45, 2.75) is 11.4 Å². The van der Waals surface area contributed by atoms with Crippen LogP contribution in [0.4, 0.5) is 0 Å². The maximum atomic E-state index is 12.9. The van der Waals surface area contributed by atoms with Gasteiger partial charge in [0.15, 0.2) is 0 Å². The van der Waals surface area contributed by atoms with Crippen molar-refractivity contribution in [3.05, 3.63) is 65.2 Å². The molecule has 0 atom stereocenters. The molecule has 0 aliphatic carbocycles. The Morgan fingerprint density at radius 2 is 1.72 bits per heavy atom. The lowest BCUT2D eigenvalue weighted by molar-refractivity contribution is -0.121. The Hall–Kier alpha value is -1.93. The molecule has 2 rings (SSSR count). The van der Waals surface area contributed by atoms with E-state index in [4.69, 9.17) is 16.7 Å². The fourth-order valence-corrected chi connectivity index (χ4v) is 3.69. The number of nitrogens with one attached hydrogen (secondary N) is 1. The van der Waals surface area contributed by atoms with Crippen molar-refractivity contribution in [1.82, 2.24) is 9.62 Å². The number of halogens is 1. The molecule has 8 heteroatoms. The first-order valence-corrected chi connectivity index (χ1v) is 9.42. The van der Waals surface area contributed by atoms with E-state index in [1.54, 1.807) is 24.3 Å². The molecule has 0 bridgehead atoms. The van der Waals surface area contributed by atoms with Crippen LogP contribution in [-0.4, -0.2) is 43.4 Å². The molecule has 2 aromatic rings. The molecular formula is C17H19ClN2O4S. The van der Waals surface area contributed by atoms with Gasteiger partial charge in [0, 0.05) is 18.1 Å². The Morgan fingerprint density at radius 3 is 2.32 bits per heavy atom. The topological polar surface area (TPSA) is 86.7 Å². The summed E-state index contributed by atoms with van der Waals surface area (Å²) in [6, 6.07) is 14.8. The van der Waals surface area contributed by atoms with E-state index in [0.29, 0.717) is 5.02 Å². The summed E-state index contributed by atoms with van der Waals surface area (Å²) in [5.41, 5.74) is 0.759. The zero-order chi connectivity index (χ0) is 18.3. The highest BCUT2D eigenvalue weighted by Gasteiger charge is 2.26. The maximum absolute atomic E-state index is 12.9. The van der Waals surface area contributed by atoms with E-state index >= 15 is 0 Å².